The zero-order valence-corrected chi connectivity index (χ0v) is 22.5. The van der Waals surface area contributed by atoms with E-state index >= 15 is 0 Å². The molecule has 7 heteroatoms. The number of Topliss-reactive ketones (excluding diaryl/α,β-unsaturated/α-hetero) is 1. The van der Waals surface area contributed by atoms with E-state index in [1.807, 2.05) is 13.8 Å². The number of cyclic esters (lactones) is 1. The van der Waals surface area contributed by atoms with Gasteiger partial charge in [0.2, 0.25) is 0 Å². The summed E-state index contributed by atoms with van der Waals surface area (Å²) in [5, 5.41) is 21.4. The van der Waals surface area contributed by atoms with Crippen LogP contribution in [0.2, 0.25) is 0 Å². The van der Waals surface area contributed by atoms with E-state index in [1.165, 1.54) is 0 Å². The molecule has 0 saturated carbocycles. The van der Waals surface area contributed by atoms with Crippen molar-refractivity contribution < 1.29 is 29.3 Å². The molecule has 7 atom stereocenters. The van der Waals surface area contributed by atoms with Gasteiger partial charge >= 0.3 is 194 Å². The van der Waals surface area contributed by atoms with E-state index in [4.69, 9.17) is 9.47 Å². The first-order valence-electron chi connectivity index (χ1n) is 11.0. The van der Waals surface area contributed by atoms with Crippen LogP contribution in [0.5, 0.6) is 0 Å². The van der Waals surface area contributed by atoms with Crippen LogP contribution in [0, 0.1) is 17.3 Å². The molecule has 0 aromatic rings. The summed E-state index contributed by atoms with van der Waals surface area (Å²) in [6.07, 6.45) is 0.562. The molecule has 2 rings (SSSR count). The van der Waals surface area contributed by atoms with Gasteiger partial charge in [-0.25, -0.2) is 0 Å². The van der Waals surface area contributed by atoms with Crippen LogP contribution in [0.25, 0.3) is 0 Å². The summed E-state index contributed by atoms with van der Waals surface area (Å²) in [6.45, 7) is 11.0. The van der Waals surface area contributed by atoms with Gasteiger partial charge in [-0.2, -0.15) is 0 Å². The fraction of sp³-hybridized carbons (Fsp3) is 0.846. The van der Waals surface area contributed by atoms with Gasteiger partial charge in [-0.15, -0.1) is 0 Å². The third-order valence-electron chi connectivity index (χ3n) is 7.18. The summed E-state index contributed by atoms with van der Waals surface area (Å²) in [4.78, 5) is 25.7. The number of carbonyl (C=O) groups excluding carboxylic acids is 2. The first-order chi connectivity index (χ1) is 13.8. The summed E-state index contributed by atoms with van der Waals surface area (Å²) in [5.41, 5.74) is -0.397. The average Bonchev–Trinajstić information content (AvgIpc) is 3.32. The number of fused-ring (bicyclic) bond motifs is 1. The Labute approximate surface area is 216 Å². The van der Waals surface area contributed by atoms with E-state index in [9.17, 15) is 19.8 Å². The van der Waals surface area contributed by atoms with Gasteiger partial charge in [-0.3, -0.25) is 0 Å². The second-order valence-electron chi connectivity index (χ2n) is 10.00. The number of epoxide rings is 1. The fourth-order valence-corrected chi connectivity index (χ4v) is 5.01. The molecule has 33 heavy (non-hydrogen) atoms. The van der Waals surface area contributed by atoms with Crippen molar-refractivity contribution in [1.82, 2.24) is 0 Å². The Bertz CT molecular complexity index is 676. The van der Waals surface area contributed by atoms with Crippen molar-refractivity contribution in [2.75, 3.05) is 0 Å². The molecule has 2 fully saturated rings. The Morgan fingerprint density at radius 1 is 1.12 bits per heavy atom. The van der Waals surface area contributed by atoms with Crippen LogP contribution in [-0.4, -0.2) is 74.5 Å². The molecular formula is C26H50O6Sn. The SMILES string of the molecule is C.C.C.C/C(=[CH]\[SnH])[C@@H]1C[C@@H]2O[C@]2(C)CCCC(C)[C@H](O)C(C)C(=O)C(C)(C)C(O)CC(=O)O1. The number of esters is 1. The van der Waals surface area contributed by atoms with E-state index in [1.54, 1.807) is 20.8 Å². The third-order valence-corrected chi connectivity index (χ3v) is 8.68. The zero-order valence-electron chi connectivity index (χ0n) is 19.2. The van der Waals surface area contributed by atoms with Crippen molar-refractivity contribution in [2.45, 2.75) is 126 Å². The van der Waals surface area contributed by atoms with Crippen LogP contribution in [0.1, 0.15) is 95.9 Å². The molecule has 0 aromatic carbocycles. The molecule has 0 amide bonds. The first-order valence-corrected chi connectivity index (χ1v) is 12.9. The molecule has 2 N–H and O–H groups in total. The second kappa shape index (κ2) is 13.6. The van der Waals surface area contributed by atoms with Gasteiger partial charge in [0.05, 0.1) is 0 Å². The second-order valence-corrected chi connectivity index (χ2v) is 11.0. The summed E-state index contributed by atoms with van der Waals surface area (Å²) in [5.74, 6) is -1.43. The van der Waals surface area contributed by atoms with Crippen molar-refractivity contribution in [3.05, 3.63) is 9.67 Å². The fourth-order valence-electron chi connectivity index (χ4n) is 4.40. The molecule has 2 radical (unpaired) electrons. The van der Waals surface area contributed by atoms with Gasteiger partial charge < -0.3 is 0 Å². The van der Waals surface area contributed by atoms with Gasteiger partial charge in [0.25, 0.3) is 0 Å². The number of hydrogen-bond donors (Lipinski definition) is 2. The third kappa shape index (κ3) is 8.32. The normalized spacial score (nSPS) is 37.9. The molecule has 6 nitrogen and oxygen atoms in total. The Kier molecular flexibility index (Phi) is 14.3. The summed E-state index contributed by atoms with van der Waals surface area (Å²) >= 11 is 0.926. The topological polar surface area (TPSA) is 96.4 Å². The monoisotopic (exact) mass is 578 g/mol. The number of rotatable bonds is 1. The predicted octanol–water partition coefficient (Wildman–Crippen LogP) is 4.32. The van der Waals surface area contributed by atoms with Gasteiger partial charge in [-0.1, -0.05) is 22.3 Å². The van der Waals surface area contributed by atoms with Gasteiger partial charge in [0.1, 0.15) is 0 Å². The average molecular weight is 577 g/mol. The molecule has 0 spiro atoms. The van der Waals surface area contributed by atoms with E-state index in [2.05, 4.69) is 11.0 Å². The van der Waals surface area contributed by atoms with E-state index in [0.29, 0.717) is 6.42 Å². The number of aliphatic hydroxyl groups is 2. The van der Waals surface area contributed by atoms with Crippen LogP contribution >= 0.6 is 0 Å². The van der Waals surface area contributed by atoms with Crippen molar-refractivity contribution in [2.24, 2.45) is 17.3 Å². The Balaban J connectivity index is 0. The molecule has 0 bridgehead atoms. The molecule has 2 heterocycles. The molecule has 194 valence electrons. The Hall–Kier alpha value is -0.441. The standard InChI is InChI=1S/C23H37O6.3CH4.Sn.H/c1-13(2)16-11-18-23(7,29-18)10-8-9-14(3)20(26)15(4)21(27)22(5,6)17(24)12-19(25)28-16;;;;;/h1,14-18,20,24,26H,8-12H2,2-7H3;3*1H4;;/t14?,15?,16-,17?,18-,20-,23+;;;;;/m0...../s1. The van der Waals surface area contributed by atoms with Crippen LogP contribution in [0.4, 0.5) is 0 Å². The number of carbonyl (C=O) groups is 2. The van der Waals surface area contributed by atoms with Gasteiger partial charge in [-0.05, 0) is 0 Å². The first kappa shape index (κ1) is 34.7. The quantitative estimate of drug-likeness (QED) is 0.274. The van der Waals surface area contributed by atoms with E-state index in [-0.39, 0.29) is 58.2 Å². The zero-order chi connectivity index (χ0) is 22.9. The predicted molar refractivity (Wildman–Crippen MR) is 136 cm³/mol. The molecule has 2 saturated heterocycles. The number of aliphatic hydroxyl groups excluding tert-OH is 2. The van der Waals surface area contributed by atoms with Crippen LogP contribution < -0.4 is 0 Å². The van der Waals surface area contributed by atoms with Crippen molar-refractivity contribution in [3.8, 4) is 0 Å². The molecule has 2 aliphatic rings. The summed E-state index contributed by atoms with van der Waals surface area (Å²) in [7, 11) is 0. The molecular weight excluding hydrogens is 527 g/mol. The maximum absolute atomic E-state index is 13.1. The number of hydrogen-bond acceptors (Lipinski definition) is 6. The number of ketones is 1. The number of ether oxygens (including phenoxy) is 2. The molecule has 0 aliphatic carbocycles. The maximum atomic E-state index is 13.1. The summed E-state index contributed by atoms with van der Waals surface area (Å²) in [6, 6.07) is 0. The minimum absolute atomic E-state index is 0. The molecule has 0 aromatic heterocycles. The molecule has 2 aliphatic heterocycles. The van der Waals surface area contributed by atoms with Gasteiger partial charge in [0.15, 0.2) is 0 Å². The minimum atomic E-state index is -1.18. The Morgan fingerprint density at radius 2 is 1.70 bits per heavy atom. The Morgan fingerprint density at radius 3 is 2.24 bits per heavy atom. The molecule has 3 unspecified atom stereocenters. The van der Waals surface area contributed by atoms with Crippen LogP contribution in [-0.2, 0) is 19.1 Å². The van der Waals surface area contributed by atoms with E-state index in [0.717, 1.165) is 47.4 Å². The van der Waals surface area contributed by atoms with Gasteiger partial charge in [0, 0.05) is 0 Å². The van der Waals surface area contributed by atoms with E-state index < -0.39 is 29.5 Å². The summed E-state index contributed by atoms with van der Waals surface area (Å²) < 4.78 is 13.7. The van der Waals surface area contributed by atoms with Crippen molar-refractivity contribution >= 4 is 34.3 Å². The van der Waals surface area contributed by atoms with Crippen LogP contribution in [0.15, 0.2) is 9.67 Å². The van der Waals surface area contributed by atoms with Crippen LogP contribution in [0.3, 0.4) is 0 Å². The van der Waals surface area contributed by atoms with Crippen molar-refractivity contribution in [1.29, 1.82) is 0 Å². The van der Waals surface area contributed by atoms with Crippen molar-refractivity contribution in [3.63, 3.8) is 0 Å².